The van der Waals surface area contributed by atoms with Gasteiger partial charge >= 0.3 is 0 Å². The number of rotatable bonds is 5. The quantitative estimate of drug-likeness (QED) is 0.484. The molecule has 0 unspecified atom stereocenters. The lowest BCUT2D eigenvalue weighted by molar-refractivity contribution is 0.102. The second kappa shape index (κ2) is 8.25. The number of aryl methyl sites for hydroxylation is 1. The third kappa shape index (κ3) is 4.10. The Bertz CT molecular complexity index is 1190. The molecule has 1 amide bonds. The second-order valence-corrected chi connectivity index (χ2v) is 7.03. The Morgan fingerprint density at radius 1 is 0.833 bits per heavy atom. The van der Waals surface area contributed by atoms with Crippen LogP contribution in [0.1, 0.15) is 15.9 Å². The van der Waals surface area contributed by atoms with Gasteiger partial charge in [-0.15, -0.1) is 0 Å². The predicted octanol–water partition coefficient (Wildman–Crippen LogP) is 5.48. The van der Waals surface area contributed by atoms with E-state index in [1.165, 1.54) is 5.56 Å². The highest BCUT2D eigenvalue weighted by atomic mass is 16.5. The van der Waals surface area contributed by atoms with Crippen molar-refractivity contribution in [2.75, 3.05) is 19.5 Å². The number of hydrogen-bond acceptors (Lipinski definition) is 4. The van der Waals surface area contributed by atoms with Crippen LogP contribution >= 0.6 is 0 Å². The van der Waals surface area contributed by atoms with Crippen molar-refractivity contribution in [3.05, 3.63) is 83.9 Å². The number of nitrogens with zero attached hydrogens (tertiary/aromatic N) is 1. The minimum Gasteiger partial charge on any atom is -0.497 e. The Kier molecular flexibility index (Phi) is 5.35. The van der Waals surface area contributed by atoms with Crippen molar-refractivity contribution >= 4 is 22.5 Å². The maximum atomic E-state index is 12.6. The topological polar surface area (TPSA) is 60.5 Å². The molecule has 0 aliphatic rings. The van der Waals surface area contributed by atoms with Crippen molar-refractivity contribution in [3.63, 3.8) is 0 Å². The van der Waals surface area contributed by atoms with E-state index in [9.17, 15) is 4.79 Å². The monoisotopic (exact) mass is 398 g/mol. The van der Waals surface area contributed by atoms with Gasteiger partial charge in [-0.2, -0.15) is 0 Å². The molecule has 0 saturated carbocycles. The molecule has 0 atom stereocenters. The standard InChI is InChI=1S/C25H22N2O3/c1-16-4-10-24-18(12-16)7-11-23(27-24)17-5-8-20(9-6-17)26-25(28)19-13-21(29-2)15-22(14-19)30-3/h4-15H,1-3H3,(H,26,28). The third-order valence-corrected chi connectivity index (χ3v) is 4.90. The van der Waals surface area contributed by atoms with Gasteiger partial charge < -0.3 is 14.8 Å². The summed E-state index contributed by atoms with van der Waals surface area (Å²) in [5.41, 5.74) is 5.21. The van der Waals surface area contributed by atoms with Gasteiger partial charge in [-0.3, -0.25) is 4.79 Å². The largest absolute Gasteiger partial charge is 0.497 e. The van der Waals surface area contributed by atoms with Crippen LogP contribution in [-0.2, 0) is 0 Å². The molecule has 4 rings (SSSR count). The molecule has 0 aliphatic heterocycles. The van der Waals surface area contributed by atoms with E-state index in [1.807, 2.05) is 36.4 Å². The van der Waals surface area contributed by atoms with Crippen molar-refractivity contribution in [1.82, 2.24) is 4.98 Å². The van der Waals surface area contributed by atoms with Crippen molar-refractivity contribution in [1.29, 1.82) is 0 Å². The number of carbonyl (C=O) groups is 1. The molecule has 0 radical (unpaired) electrons. The first kappa shape index (κ1) is 19.5. The van der Waals surface area contributed by atoms with Crippen LogP contribution in [0.15, 0.2) is 72.8 Å². The Labute approximate surface area is 175 Å². The van der Waals surface area contributed by atoms with E-state index in [-0.39, 0.29) is 5.91 Å². The SMILES string of the molecule is COc1cc(OC)cc(C(=O)Nc2ccc(-c3ccc4cc(C)ccc4n3)cc2)c1. The Hall–Kier alpha value is -3.86. The van der Waals surface area contributed by atoms with Gasteiger partial charge in [0, 0.05) is 28.3 Å². The highest BCUT2D eigenvalue weighted by molar-refractivity contribution is 6.04. The smallest absolute Gasteiger partial charge is 0.255 e. The number of fused-ring (bicyclic) bond motifs is 1. The average Bonchev–Trinajstić information content (AvgIpc) is 2.78. The molecule has 3 aromatic carbocycles. The number of hydrogen-bond donors (Lipinski definition) is 1. The Morgan fingerprint density at radius 3 is 2.20 bits per heavy atom. The van der Waals surface area contributed by atoms with Gasteiger partial charge in [0.05, 0.1) is 25.4 Å². The second-order valence-electron chi connectivity index (χ2n) is 7.03. The third-order valence-electron chi connectivity index (χ3n) is 4.90. The predicted molar refractivity (Wildman–Crippen MR) is 119 cm³/mol. The van der Waals surface area contributed by atoms with Crippen LogP contribution in [-0.4, -0.2) is 25.1 Å². The molecule has 5 nitrogen and oxygen atoms in total. The number of nitrogens with one attached hydrogen (secondary N) is 1. The minimum absolute atomic E-state index is 0.237. The van der Waals surface area contributed by atoms with Gasteiger partial charge in [-0.25, -0.2) is 4.98 Å². The summed E-state index contributed by atoms with van der Waals surface area (Å²) in [6, 6.07) is 23.0. The number of benzene rings is 3. The fourth-order valence-corrected chi connectivity index (χ4v) is 3.27. The molecule has 1 N–H and O–H groups in total. The van der Waals surface area contributed by atoms with Gasteiger partial charge in [-0.05, 0) is 49.4 Å². The highest BCUT2D eigenvalue weighted by Crippen LogP contribution is 2.25. The van der Waals surface area contributed by atoms with Gasteiger partial charge in [0.15, 0.2) is 0 Å². The first-order valence-corrected chi connectivity index (χ1v) is 9.58. The Balaban J connectivity index is 1.54. The number of ether oxygens (including phenoxy) is 2. The summed E-state index contributed by atoms with van der Waals surface area (Å²) < 4.78 is 10.5. The molecule has 0 bridgehead atoms. The van der Waals surface area contributed by atoms with Crippen molar-refractivity contribution in [2.24, 2.45) is 0 Å². The van der Waals surface area contributed by atoms with Gasteiger partial charge in [0.2, 0.25) is 0 Å². The summed E-state index contributed by atoms with van der Waals surface area (Å²) in [6.45, 7) is 2.07. The normalized spacial score (nSPS) is 10.6. The lowest BCUT2D eigenvalue weighted by Gasteiger charge is -2.10. The molecule has 0 spiro atoms. The molecule has 1 aromatic heterocycles. The number of carbonyl (C=O) groups excluding carboxylic acids is 1. The zero-order valence-electron chi connectivity index (χ0n) is 17.1. The van der Waals surface area contributed by atoms with Crippen LogP contribution in [0.2, 0.25) is 0 Å². The lowest BCUT2D eigenvalue weighted by atomic mass is 10.1. The summed E-state index contributed by atoms with van der Waals surface area (Å²) >= 11 is 0. The molecule has 0 aliphatic carbocycles. The van der Waals surface area contributed by atoms with Gasteiger partial charge in [0.1, 0.15) is 11.5 Å². The molecule has 4 aromatic rings. The molecule has 0 fully saturated rings. The van der Waals surface area contributed by atoms with E-state index in [0.29, 0.717) is 22.7 Å². The van der Waals surface area contributed by atoms with Crippen LogP contribution < -0.4 is 14.8 Å². The van der Waals surface area contributed by atoms with Gasteiger partial charge in [-0.1, -0.05) is 29.8 Å². The van der Waals surface area contributed by atoms with Crippen molar-refractivity contribution in [2.45, 2.75) is 6.92 Å². The molecule has 30 heavy (non-hydrogen) atoms. The Morgan fingerprint density at radius 2 is 1.53 bits per heavy atom. The number of amides is 1. The van der Waals surface area contributed by atoms with Crippen LogP contribution in [0.3, 0.4) is 0 Å². The summed E-state index contributed by atoms with van der Waals surface area (Å²) in [7, 11) is 3.11. The maximum absolute atomic E-state index is 12.6. The zero-order valence-corrected chi connectivity index (χ0v) is 17.1. The minimum atomic E-state index is -0.237. The van der Waals surface area contributed by atoms with Gasteiger partial charge in [0.25, 0.3) is 5.91 Å². The maximum Gasteiger partial charge on any atom is 0.255 e. The van der Waals surface area contributed by atoms with Crippen LogP contribution in [0.25, 0.3) is 22.2 Å². The lowest BCUT2D eigenvalue weighted by Crippen LogP contribution is -2.12. The van der Waals surface area contributed by atoms with E-state index in [2.05, 4.69) is 30.4 Å². The molecule has 5 heteroatoms. The van der Waals surface area contributed by atoms with Crippen LogP contribution in [0.4, 0.5) is 5.69 Å². The van der Waals surface area contributed by atoms with Crippen molar-refractivity contribution in [3.8, 4) is 22.8 Å². The zero-order chi connectivity index (χ0) is 21.1. The molecule has 150 valence electrons. The van der Waals surface area contributed by atoms with Crippen molar-refractivity contribution < 1.29 is 14.3 Å². The molecule has 0 saturated heterocycles. The van der Waals surface area contributed by atoms with E-state index in [4.69, 9.17) is 14.5 Å². The summed E-state index contributed by atoms with van der Waals surface area (Å²) in [6.07, 6.45) is 0. The van der Waals surface area contributed by atoms with Crippen LogP contribution in [0.5, 0.6) is 11.5 Å². The number of pyridine rings is 1. The summed E-state index contributed by atoms with van der Waals surface area (Å²) in [4.78, 5) is 17.4. The summed E-state index contributed by atoms with van der Waals surface area (Å²) in [5, 5.41) is 4.03. The van der Waals surface area contributed by atoms with E-state index in [1.54, 1.807) is 32.4 Å². The van der Waals surface area contributed by atoms with Crippen LogP contribution in [0, 0.1) is 6.92 Å². The summed E-state index contributed by atoms with van der Waals surface area (Å²) in [5.74, 6) is 0.888. The number of methoxy groups -OCH3 is 2. The average molecular weight is 398 g/mol. The fourth-order valence-electron chi connectivity index (χ4n) is 3.27. The highest BCUT2D eigenvalue weighted by Gasteiger charge is 2.11. The van der Waals surface area contributed by atoms with E-state index < -0.39 is 0 Å². The van der Waals surface area contributed by atoms with E-state index >= 15 is 0 Å². The molecular formula is C25H22N2O3. The first-order valence-electron chi connectivity index (χ1n) is 9.58. The molecular weight excluding hydrogens is 376 g/mol. The van der Waals surface area contributed by atoms with E-state index in [0.717, 1.165) is 22.2 Å². The molecule has 1 heterocycles. The fraction of sp³-hybridized carbons (Fsp3) is 0.120. The number of aromatic nitrogens is 1. The first-order chi connectivity index (χ1) is 14.6. The number of anilines is 1.